The van der Waals surface area contributed by atoms with Crippen molar-refractivity contribution in [2.24, 2.45) is 13.0 Å². The molecule has 6 heteroatoms. The first kappa shape index (κ1) is 18.3. The number of amides is 1. The zero-order valence-electron chi connectivity index (χ0n) is 15.1. The topological polar surface area (TPSA) is 56.1 Å². The Morgan fingerprint density at radius 2 is 2.23 bits per heavy atom. The van der Waals surface area contributed by atoms with Crippen LogP contribution in [0.15, 0.2) is 42.0 Å². The molecule has 1 aliphatic heterocycles. The van der Waals surface area contributed by atoms with E-state index >= 15 is 0 Å². The molecule has 5 nitrogen and oxygen atoms in total. The maximum atomic E-state index is 12.2. The smallest absolute Gasteiger partial charge is 0.249 e. The van der Waals surface area contributed by atoms with Crippen LogP contribution >= 0.6 is 11.6 Å². The molecule has 1 aromatic heterocycles. The van der Waals surface area contributed by atoms with Crippen LogP contribution in [0.2, 0.25) is 5.02 Å². The number of hydrogen-bond acceptors (Lipinski definition) is 3. The number of nitrogens with zero attached hydrogens (tertiary/aromatic N) is 2. The molecule has 3 rings (SSSR count). The summed E-state index contributed by atoms with van der Waals surface area (Å²) < 4.78 is 7.36. The summed E-state index contributed by atoms with van der Waals surface area (Å²) in [5.41, 5.74) is 2.79. The minimum atomic E-state index is -0.207. The van der Waals surface area contributed by atoms with Gasteiger partial charge in [0.2, 0.25) is 5.91 Å². The van der Waals surface area contributed by atoms with Crippen molar-refractivity contribution in [2.75, 3.05) is 11.9 Å². The Morgan fingerprint density at radius 1 is 1.42 bits per heavy atom. The van der Waals surface area contributed by atoms with Crippen LogP contribution in [-0.4, -0.2) is 22.3 Å². The van der Waals surface area contributed by atoms with E-state index in [2.05, 4.69) is 24.3 Å². The monoisotopic (exact) mass is 371 g/mol. The van der Waals surface area contributed by atoms with Crippen molar-refractivity contribution in [1.82, 2.24) is 9.78 Å². The third kappa shape index (κ3) is 4.55. The van der Waals surface area contributed by atoms with Crippen molar-refractivity contribution in [3.63, 3.8) is 0 Å². The zero-order valence-corrected chi connectivity index (χ0v) is 15.9. The lowest BCUT2D eigenvalue weighted by Gasteiger charge is -2.16. The Bertz CT molecular complexity index is 881. The lowest BCUT2D eigenvalue weighted by Crippen LogP contribution is -2.12. The summed E-state index contributed by atoms with van der Waals surface area (Å²) in [5, 5.41) is 7.93. The molecule has 1 N–H and O–H groups in total. The van der Waals surface area contributed by atoms with Gasteiger partial charge in [0, 0.05) is 29.8 Å². The predicted molar refractivity (Wildman–Crippen MR) is 104 cm³/mol. The number of aryl methyl sites for hydroxylation is 1. The third-order valence-corrected chi connectivity index (χ3v) is 4.19. The Hall–Kier alpha value is -2.53. The van der Waals surface area contributed by atoms with Gasteiger partial charge in [-0.1, -0.05) is 31.5 Å². The standard InChI is InChI=1S/C20H22ClN3O2/c1-13(2)8-17-11-19(24(3)23-17)22-20(25)7-4-14-9-15-10-16(21)5-6-18(15)26-12-14/h4-7,9-11,13H,8,12H2,1-3H3,(H,22,25)/b7-4+. The van der Waals surface area contributed by atoms with Crippen molar-refractivity contribution in [3.8, 4) is 5.75 Å². The molecule has 0 fully saturated rings. The number of fused-ring (bicyclic) bond motifs is 1. The second-order valence-electron chi connectivity index (χ2n) is 6.76. The molecule has 0 saturated heterocycles. The average Bonchev–Trinajstić information content (AvgIpc) is 2.90. The molecular formula is C20H22ClN3O2. The molecule has 2 heterocycles. The van der Waals surface area contributed by atoms with E-state index in [0.29, 0.717) is 23.4 Å². The molecule has 0 spiro atoms. The highest BCUT2D eigenvalue weighted by molar-refractivity contribution is 6.30. The summed E-state index contributed by atoms with van der Waals surface area (Å²) in [4.78, 5) is 12.2. The van der Waals surface area contributed by atoms with Gasteiger partial charge < -0.3 is 10.1 Å². The zero-order chi connectivity index (χ0) is 18.7. The molecular weight excluding hydrogens is 350 g/mol. The number of carbonyl (C=O) groups excluding carboxylic acids is 1. The first-order valence-electron chi connectivity index (χ1n) is 8.55. The minimum absolute atomic E-state index is 0.207. The quantitative estimate of drug-likeness (QED) is 0.799. The first-order chi connectivity index (χ1) is 12.4. The molecule has 1 aromatic carbocycles. The second-order valence-corrected chi connectivity index (χ2v) is 7.19. The molecule has 136 valence electrons. The van der Waals surface area contributed by atoms with Gasteiger partial charge in [-0.05, 0) is 42.2 Å². The number of aromatic nitrogens is 2. The van der Waals surface area contributed by atoms with Crippen LogP contribution < -0.4 is 10.1 Å². The summed E-state index contributed by atoms with van der Waals surface area (Å²) in [6.45, 7) is 4.70. The number of halogens is 1. The molecule has 0 aliphatic carbocycles. The van der Waals surface area contributed by atoms with Crippen molar-refractivity contribution >= 4 is 29.4 Å². The normalized spacial score (nSPS) is 13.5. The van der Waals surface area contributed by atoms with Crippen LogP contribution in [0.3, 0.4) is 0 Å². The molecule has 0 unspecified atom stereocenters. The van der Waals surface area contributed by atoms with Crippen molar-refractivity contribution < 1.29 is 9.53 Å². The average molecular weight is 372 g/mol. The number of anilines is 1. The molecule has 1 amide bonds. The lowest BCUT2D eigenvalue weighted by atomic mass is 10.1. The Labute approximate surface area is 158 Å². The van der Waals surface area contributed by atoms with Crippen LogP contribution in [-0.2, 0) is 18.3 Å². The number of nitrogens with one attached hydrogen (secondary N) is 1. The van der Waals surface area contributed by atoms with E-state index in [1.165, 1.54) is 6.08 Å². The Balaban J connectivity index is 1.66. The summed E-state index contributed by atoms with van der Waals surface area (Å²) in [6, 6.07) is 7.39. The fraction of sp³-hybridized carbons (Fsp3) is 0.300. The van der Waals surface area contributed by atoms with Crippen molar-refractivity contribution in [1.29, 1.82) is 0 Å². The molecule has 0 atom stereocenters. The van der Waals surface area contributed by atoms with Crippen LogP contribution in [0.5, 0.6) is 5.75 Å². The maximum absolute atomic E-state index is 12.2. The second kappa shape index (κ2) is 7.79. The highest BCUT2D eigenvalue weighted by Gasteiger charge is 2.11. The van der Waals surface area contributed by atoms with Gasteiger partial charge in [0.25, 0.3) is 0 Å². The van der Waals surface area contributed by atoms with E-state index in [9.17, 15) is 4.79 Å². The fourth-order valence-corrected chi connectivity index (χ4v) is 2.96. The van der Waals surface area contributed by atoms with Gasteiger partial charge in [0.15, 0.2) is 0 Å². The summed E-state index contributed by atoms with van der Waals surface area (Å²) in [5.74, 6) is 1.79. The van der Waals surface area contributed by atoms with E-state index < -0.39 is 0 Å². The summed E-state index contributed by atoms with van der Waals surface area (Å²) in [6.07, 6.45) is 6.11. The first-order valence-corrected chi connectivity index (χ1v) is 8.93. The fourth-order valence-electron chi connectivity index (χ4n) is 2.77. The van der Waals surface area contributed by atoms with Gasteiger partial charge >= 0.3 is 0 Å². The Morgan fingerprint density at radius 3 is 3.00 bits per heavy atom. The summed E-state index contributed by atoms with van der Waals surface area (Å²) >= 11 is 6.02. The third-order valence-electron chi connectivity index (χ3n) is 3.95. The lowest BCUT2D eigenvalue weighted by molar-refractivity contribution is -0.111. The highest BCUT2D eigenvalue weighted by atomic mass is 35.5. The van der Waals surface area contributed by atoms with E-state index in [0.717, 1.165) is 29.0 Å². The largest absolute Gasteiger partial charge is 0.488 e. The molecule has 2 aromatic rings. The number of hydrogen-bond donors (Lipinski definition) is 1. The number of benzene rings is 1. The molecule has 26 heavy (non-hydrogen) atoms. The van der Waals surface area contributed by atoms with Crippen LogP contribution in [0.1, 0.15) is 25.1 Å². The SMILES string of the molecule is CC(C)Cc1cc(NC(=O)/C=C/C2=Cc3cc(Cl)ccc3OC2)n(C)n1. The van der Waals surface area contributed by atoms with Gasteiger partial charge in [0.1, 0.15) is 18.2 Å². The van der Waals surface area contributed by atoms with Gasteiger partial charge in [-0.25, -0.2) is 0 Å². The van der Waals surface area contributed by atoms with E-state index in [1.54, 1.807) is 16.8 Å². The van der Waals surface area contributed by atoms with Crippen molar-refractivity contribution in [3.05, 3.63) is 58.3 Å². The van der Waals surface area contributed by atoms with Gasteiger partial charge in [-0.15, -0.1) is 0 Å². The minimum Gasteiger partial charge on any atom is -0.488 e. The van der Waals surface area contributed by atoms with E-state index in [4.69, 9.17) is 16.3 Å². The highest BCUT2D eigenvalue weighted by Crippen LogP contribution is 2.29. The maximum Gasteiger partial charge on any atom is 0.249 e. The number of rotatable bonds is 5. The van der Waals surface area contributed by atoms with Gasteiger partial charge in [0.05, 0.1) is 5.69 Å². The van der Waals surface area contributed by atoms with Crippen LogP contribution in [0.4, 0.5) is 5.82 Å². The molecule has 0 radical (unpaired) electrons. The van der Waals surface area contributed by atoms with E-state index in [1.807, 2.05) is 31.3 Å². The molecule has 0 saturated carbocycles. The van der Waals surface area contributed by atoms with Crippen LogP contribution in [0, 0.1) is 5.92 Å². The van der Waals surface area contributed by atoms with Crippen LogP contribution in [0.25, 0.3) is 6.08 Å². The summed E-state index contributed by atoms with van der Waals surface area (Å²) in [7, 11) is 1.82. The van der Waals surface area contributed by atoms with Crippen molar-refractivity contribution in [2.45, 2.75) is 20.3 Å². The number of ether oxygens (including phenoxy) is 1. The molecule has 0 bridgehead atoms. The van der Waals surface area contributed by atoms with Gasteiger partial charge in [-0.3, -0.25) is 9.48 Å². The Kier molecular flexibility index (Phi) is 5.47. The van der Waals surface area contributed by atoms with Gasteiger partial charge in [-0.2, -0.15) is 5.10 Å². The predicted octanol–water partition coefficient (Wildman–Crippen LogP) is 4.24. The van der Waals surface area contributed by atoms with E-state index in [-0.39, 0.29) is 5.91 Å². The number of carbonyl (C=O) groups is 1. The molecule has 1 aliphatic rings.